The van der Waals surface area contributed by atoms with Crippen LogP contribution in [0.4, 0.5) is 0 Å². The first-order chi connectivity index (χ1) is 2.81. The van der Waals surface area contributed by atoms with E-state index in [-0.39, 0.29) is 12.4 Å². The molecular weight excluding hydrogens is 132 g/mol. The van der Waals surface area contributed by atoms with Crippen LogP contribution in [0, 0.1) is 0 Å². The summed E-state index contributed by atoms with van der Waals surface area (Å²) in [5.74, 6) is 0. The number of hydrogen-bond donors (Lipinski definition) is 0. The highest BCUT2D eigenvalue weighted by Gasteiger charge is 1.94. The second kappa shape index (κ2) is 6.43. The van der Waals surface area contributed by atoms with Crippen molar-refractivity contribution in [3.8, 4) is 0 Å². The Labute approximate surface area is 52.1 Å². The highest BCUT2D eigenvalue weighted by Crippen LogP contribution is 1.77. The van der Waals surface area contributed by atoms with E-state index < -0.39 is 9.28 Å². The Balaban J connectivity index is 0. The summed E-state index contributed by atoms with van der Waals surface area (Å²) in [5.41, 5.74) is 0. The zero-order valence-electron chi connectivity index (χ0n) is 4.80. The molecule has 0 aromatic heterocycles. The molecule has 2 nitrogen and oxygen atoms in total. The number of rotatable bonds is 2. The van der Waals surface area contributed by atoms with E-state index in [9.17, 15) is 0 Å². The van der Waals surface area contributed by atoms with Gasteiger partial charge in [0.05, 0.1) is 0 Å². The standard InChI is InChI=1S/C3H10O2Si.ClH/c1-4-6(3)5-2;/h6H,1-3H3;1H. The third kappa shape index (κ3) is 6.43. The van der Waals surface area contributed by atoms with Gasteiger partial charge in [-0.3, -0.25) is 0 Å². The molecule has 0 aromatic carbocycles. The van der Waals surface area contributed by atoms with Crippen LogP contribution >= 0.6 is 12.4 Å². The minimum Gasteiger partial charge on any atom is -0.400 e. The minimum atomic E-state index is -1.16. The van der Waals surface area contributed by atoms with E-state index in [4.69, 9.17) is 8.85 Å². The van der Waals surface area contributed by atoms with Gasteiger partial charge in [-0.1, -0.05) is 0 Å². The van der Waals surface area contributed by atoms with Crippen LogP contribution in [0.15, 0.2) is 0 Å². The zero-order chi connectivity index (χ0) is 4.99. The van der Waals surface area contributed by atoms with Gasteiger partial charge in [0, 0.05) is 14.2 Å². The Bertz CT molecular complexity index is 32.1. The van der Waals surface area contributed by atoms with Gasteiger partial charge in [0.25, 0.3) is 0 Å². The Morgan fingerprint density at radius 3 is 1.43 bits per heavy atom. The predicted octanol–water partition coefficient (Wildman–Crippen LogP) is 0.551. The molecule has 0 saturated carbocycles. The van der Waals surface area contributed by atoms with Crippen molar-refractivity contribution >= 4 is 21.7 Å². The molecule has 4 heteroatoms. The van der Waals surface area contributed by atoms with Gasteiger partial charge in [-0.15, -0.1) is 12.4 Å². The lowest BCUT2D eigenvalue weighted by molar-refractivity contribution is 0.285. The molecule has 0 aliphatic rings. The van der Waals surface area contributed by atoms with Crippen LogP contribution in [0.2, 0.25) is 6.55 Å². The van der Waals surface area contributed by atoms with Crippen LogP contribution in [-0.4, -0.2) is 23.5 Å². The highest BCUT2D eigenvalue weighted by atomic mass is 35.5. The molecule has 0 saturated heterocycles. The van der Waals surface area contributed by atoms with Crippen LogP contribution in [-0.2, 0) is 8.85 Å². The summed E-state index contributed by atoms with van der Waals surface area (Å²) in [6.07, 6.45) is 0. The molecule has 0 rings (SSSR count). The van der Waals surface area contributed by atoms with Crippen LogP contribution in [0.1, 0.15) is 0 Å². The van der Waals surface area contributed by atoms with E-state index in [0.29, 0.717) is 0 Å². The molecule has 0 amide bonds. The maximum Gasteiger partial charge on any atom is 0.317 e. The normalized spacial score (nSPS) is 8.57. The molecule has 0 fully saturated rings. The number of hydrogen-bond acceptors (Lipinski definition) is 2. The van der Waals surface area contributed by atoms with E-state index in [0.717, 1.165) is 0 Å². The maximum absolute atomic E-state index is 4.82. The Morgan fingerprint density at radius 1 is 1.14 bits per heavy atom. The Morgan fingerprint density at radius 2 is 1.43 bits per heavy atom. The lowest BCUT2D eigenvalue weighted by atomic mass is 11.8. The fraction of sp³-hybridized carbons (Fsp3) is 1.00. The van der Waals surface area contributed by atoms with Crippen LogP contribution in [0.25, 0.3) is 0 Å². The topological polar surface area (TPSA) is 18.5 Å². The molecule has 0 spiro atoms. The van der Waals surface area contributed by atoms with Crippen molar-refractivity contribution < 1.29 is 8.85 Å². The molecular formula is C3H11ClO2Si. The molecule has 0 aliphatic carbocycles. The van der Waals surface area contributed by atoms with Gasteiger partial charge >= 0.3 is 9.28 Å². The van der Waals surface area contributed by atoms with E-state index >= 15 is 0 Å². The van der Waals surface area contributed by atoms with Gasteiger partial charge in [0.1, 0.15) is 0 Å². The monoisotopic (exact) mass is 142 g/mol. The lowest BCUT2D eigenvalue weighted by Gasteiger charge is -2.00. The van der Waals surface area contributed by atoms with Crippen molar-refractivity contribution in [1.82, 2.24) is 0 Å². The van der Waals surface area contributed by atoms with Crippen molar-refractivity contribution in [1.29, 1.82) is 0 Å². The summed E-state index contributed by atoms with van der Waals surface area (Å²) >= 11 is 0. The van der Waals surface area contributed by atoms with Crippen LogP contribution in [0.5, 0.6) is 0 Å². The average molecular weight is 143 g/mol. The molecule has 0 unspecified atom stereocenters. The molecule has 7 heavy (non-hydrogen) atoms. The fourth-order valence-electron chi connectivity index (χ4n) is 0.0962. The van der Waals surface area contributed by atoms with Gasteiger partial charge in [-0.05, 0) is 6.55 Å². The first kappa shape index (κ1) is 10.4. The van der Waals surface area contributed by atoms with Gasteiger partial charge in [-0.25, -0.2) is 0 Å². The first-order valence-electron chi connectivity index (χ1n) is 1.87. The van der Waals surface area contributed by atoms with Crippen molar-refractivity contribution in [3.63, 3.8) is 0 Å². The smallest absolute Gasteiger partial charge is 0.317 e. The maximum atomic E-state index is 4.82. The quantitative estimate of drug-likeness (QED) is 0.525. The molecule has 0 aliphatic heterocycles. The Hall–Kier alpha value is 0.427. The fourth-order valence-corrected chi connectivity index (χ4v) is 0.289. The van der Waals surface area contributed by atoms with Gasteiger partial charge < -0.3 is 8.85 Å². The van der Waals surface area contributed by atoms with Crippen LogP contribution in [0.3, 0.4) is 0 Å². The summed E-state index contributed by atoms with van der Waals surface area (Å²) < 4.78 is 9.63. The van der Waals surface area contributed by atoms with Crippen molar-refractivity contribution in [3.05, 3.63) is 0 Å². The summed E-state index contributed by atoms with van der Waals surface area (Å²) in [6.45, 7) is 1.97. The molecule has 0 radical (unpaired) electrons. The molecule has 0 heterocycles. The van der Waals surface area contributed by atoms with Crippen LogP contribution < -0.4 is 0 Å². The molecule has 0 atom stereocenters. The van der Waals surface area contributed by atoms with Gasteiger partial charge in [0.15, 0.2) is 0 Å². The van der Waals surface area contributed by atoms with Gasteiger partial charge in [-0.2, -0.15) is 0 Å². The average Bonchev–Trinajstić information content (AvgIpc) is 1.65. The van der Waals surface area contributed by atoms with E-state index in [1.807, 2.05) is 6.55 Å². The summed E-state index contributed by atoms with van der Waals surface area (Å²) in [5, 5.41) is 0. The van der Waals surface area contributed by atoms with Crippen molar-refractivity contribution in [2.45, 2.75) is 6.55 Å². The Kier molecular flexibility index (Phi) is 9.56. The van der Waals surface area contributed by atoms with E-state index in [1.54, 1.807) is 14.2 Å². The zero-order valence-corrected chi connectivity index (χ0v) is 6.77. The van der Waals surface area contributed by atoms with Crippen molar-refractivity contribution in [2.24, 2.45) is 0 Å². The third-order valence-electron chi connectivity index (χ3n) is 0.664. The lowest BCUT2D eigenvalue weighted by Crippen LogP contribution is -2.12. The predicted molar refractivity (Wildman–Crippen MR) is 34.3 cm³/mol. The molecule has 0 bridgehead atoms. The van der Waals surface area contributed by atoms with Gasteiger partial charge in [0.2, 0.25) is 0 Å². The summed E-state index contributed by atoms with van der Waals surface area (Å²) in [6, 6.07) is 0. The van der Waals surface area contributed by atoms with E-state index in [2.05, 4.69) is 0 Å². The minimum absolute atomic E-state index is 0. The second-order valence-electron chi connectivity index (χ2n) is 1.04. The third-order valence-corrected chi connectivity index (χ3v) is 1.99. The molecule has 46 valence electrons. The van der Waals surface area contributed by atoms with Crippen molar-refractivity contribution in [2.75, 3.05) is 14.2 Å². The summed E-state index contributed by atoms with van der Waals surface area (Å²) in [7, 11) is 2.17. The highest BCUT2D eigenvalue weighted by molar-refractivity contribution is 6.42. The largest absolute Gasteiger partial charge is 0.400 e. The molecule has 0 N–H and O–H groups in total. The van der Waals surface area contributed by atoms with E-state index in [1.165, 1.54) is 0 Å². The number of halogens is 1. The summed E-state index contributed by atoms with van der Waals surface area (Å²) in [4.78, 5) is 0. The second-order valence-corrected chi connectivity index (χ2v) is 3.12. The SMILES string of the molecule is CO[SiH](C)OC.Cl. The molecule has 0 aromatic rings. The first-order valence-corrected chi connectivity index (χ1v) is 3.96.